The van der Waals surface area contributed by atoms with Crippen molar-refractivity contribution in [3.63, 3.8) is 0 Å². The first-order valence-electron chi connectivity index (χ1n) is 5.74. The second-order valence-electron chi connectivity index (χ2n) is 5.33. The van der Waals surface area contributed by atoms with Gasteiger partial charge >= 0.3 is 0 Å². The molecule has 0 aliphatic rings. The normalized spacial score (nSPS) is 14.3. The number of hydrogen-bond donors (Lipinski definition) is 1. The number of hydrogen-bond acceptors (Lipinski definition) is 1. The van der Waals surface area contributed by atoms with E-state index in [2.05, 4.69) is 58.0 Å². The minimum atomic E-state index is 0.162. The molecule has 2 N–H and O–H groups in total. The highest BCUT2D eigenvalue weighted by Gasteiger charge is 2.31. The van der Waals surface area contributed by atoms with E-state index < -0.39 is 0 Å². The summed E-state index contributed by atoms with van der Waals surface area (Å²) in [6.45, 7) is 9.78. The number of rotatable bonds is 4. The van der Waals surface area contributed by atoms with Gasteiger partial charge in [-0.3, -0.25) is 0 Å². The molecular formula is C14H23N. The summed E-state index contributed by atoms with van der Waals surface area (Å²) in [7, 11) is 0. The Hall–Kier alpha value is -0.820. The predicted octanol–water partition coefficient (Wildman–Crippen LogP) is 3.41. The van der Waals surface area contributed by atoms with E-state index in [-0.39, 0.29) is 5.41 Å². The molecule has 0 aliphatic heterocycles. The van der Waals surface area contributed by atoms with Crippen molar-refractivity contribution in [3.8, 4) is 0 Å². The quantitative estimate of drug-likeness (QED) is 0.801. The van der Waals surface area contributed by atoms with Gasteiger partial charge in [0, 0.05) is 0 Å². The van der Waals surface area contributed by atoms with Crippen LogP contribution < -0.4 is 5.73 Å². The van der Waals surface area contributed by atoms with Crippen LogP contribution in [0.4, 0.5) is 0 Å². The first-order chi connectivity index (χ1) is 6.99. The summed E-state index contributed by atoms with van der Waals surface area (Å²) in [6.07, 6.45) is 0. The van der Waals surface area contributed by atoms with Gasteiger partial charge in [0.1, 0.15) is 0 Å². The van der Waals surface area contributed by atoms with Crippen LogP contribution in [0.1, 0.15) is 39.2 Å². The van der Waals surface area contributed by atoms with E-state index in [1.54, 1.807) is 0 Å². The maximum atomic E-state index is 5.88. The molecule has 1 heteroatoms. The number of benzene rings is 1. The molecule has 0 saturated heterocycles. The largest absolute Gasteiger partial charge is 0.330 e. The molecule has 1 aromatic carbocycles. The Morgan fingerprint density at radius 3 is 2.07 bits per heavy atom. The highest BCUT2D eigenvalue weighted by Crippen LogP contribution is 2.39. The zero-order valence-corrected chi connectivity index (χ0v) is 10.3. The van der Waals surface area contributed by atoms with Gasteiger partial charge in [0.15, 0.2) is 0 Å². The van der Waals surface area contributed by atoms with Gasteiger partial charge in [0.25, 0.3) is 0 Å². The van der Waals surface area contributed by atoms with E-state index in [1.165, 1.54) is 5.56 Å². The van der Waals surface area contributed by atoms with Crippen molar-refractivity contribution in [1.29, 1.82) is 0 Å². The summed E-state index contributed by atoms with van der Waals surface area (Å²) in [5.74, 6) is 1.15. The average molecular weight is 205 g/mol. The maximum absolute atomic E-state index is 5.88. The van der Waals surface area contributed by atoms with Crippen LogP contribution in [0, 0.1) is 11.3 Å². The van der Waals surface area contributed by atoms with E-state index in [9.17, 15) is 0 Å². The third-order valence-electron chi connectivity index (χ3n) is 3.19. The van der Waals surface area contributed by atoms with Crippen LogP contribution in [-0.2, 0) is 0 Å². The molecule has 1 unspecified atom stereocenters. The fraction of sp³-hybridized carbons (Fsp3) is 0.571. The summed E-state index contributed by atoms with van der Waals surface area (Å²) in [6, 6.07) is 10.7. The smallest absolute Gasteiger partial charge is 0.00199 e. The molecule has 0 aromatic heterocycles. The topological polar surface area (TPSA) is 26.0 Å². The molecule has 0 saturated carbocycles. The van der Waals surface area contributed by atoms with Crippen LogP contribution in [0.2, 0.25) is 0 Å². The molecule has 1 rings (SSSR count). The lowest BCUT2D eigenvalue weighted by Crippen LogP contribution is -2.33. The second kappa shape index (κ2) is 4.80. The molecule has 1 nitrogen and oxygen atoms in total. The fourth-order valence-corrected chi connectivity index (χ4v) is 2.53. The molecule has 0 aliphatic carbocycles. The Bertz CT molecular complexity index is 287. The molecule has 1 aromatic rings. The second-order valence-corrected chi connectivity index (χ2v) is 5.33. The summed E-state index contributed by atoms with van der Waals surface area (Å²) in [5.41, 5.74) is 7.45. The summed E-state index contributed by atoms with van der Waals surface area (Å²) in [5, 5.41) is 0. The first kappa shape index (κ1) is 12.3. The lowest BCUT2D eigenvalue weighted by molar-refractivity contribution is 0.240. The van der Waals surface area contributed by atoms with Crippen LogP contribution in [0.3, 0.4) is 0 Å². The van der Waals surface area contributed by atoms with Gasteiger partial charge in [-0.15, -0.1) is 0 Å². The number of nitrogens with two attached hydrogens (primary N) is 1. The monoisotopic (exact) mass is 205 g/mol. The average Bonchev–Trinajstić information content (AvgIpc) is 2.18. The van der Waals surface area contributed by atoms with Crippen LogP contribution in [0.15, 0.2) is 30.3 Å². The molecule has 0 fully saturated rings. The zero-order valence-electron chi connectivity index (χ0n) is 10.3. The van der Waals surface area contributed by atoms with Crippen LogP contribution in [0.25, 0.3) is 0 Å². The van der Waals surface area contributed by atoms with Crippen molar-refractivity contribution in [1.82, 2.24) is 0 Å². The summed E-state index contributed by atoms with van der Waals surface area (Å²) >= 11 is 0. The highest BCUT2D eigenvalue weighted by atomic mass is 14.6. The van der Waals surface area contributed by atoms with E-state index in [0.29, 0.717) is 11.8 Å². The Labute approximate surface area is 93.7 Å². The molecule has 84 valence electrons. The van der Waals surface area contributed by atoms with Gasteiger partial charge in [-0.05, 0) is 29.4 Å². The third-order valence-corrected chi connectivity index (χ3v) is 3.19. The van der Waals surface area contributed by atoms with Gasteiger partial charge in [0.2, 0.25) is 0 Å². The fourth-order valence-electron chi connectivity index (χ4n) is 2.53. The van der Waals surface area contributed by atoms with Crippen molar-refractivity contribution < 1.29 is 0 Å². The van der Waals surface area contributed by atoms with Crippen molar-refractivity contribution in [2.24, 2.45) is 17.1 Å². The molecular weight excluding hydrogens is 182 g/mol. The van der Waals surface area contributed by atoms with Crippen LogP contribution in [-0.4, -0.2) is 6.54 Å². The summed E-state index contributed by atoms with van der Waals surface area (Å²) in [4.78, 5) is 0. The predicted molar refractivity (Wildman–Crippen MR) is 66.9 cm³/mol. The van der Waals surface area contributed by atoms with Gasteiger partial charge < -0.3 is 5.73 Å². The van der Waals surface area contributed by atoms with Gasteiger partial charge in [0.05, 0.1) is 0 Å². The Morgan fingerprint density at radius 1 is 1.13 bits per heavy atom. The zero-order chi connectivity index (χ0) is 11.5. The van der Waals surface area contributed by atoms with Crippen molar-refractivity contribution in [2.75, 3.05) is 6.54 Å². The minimum absolute atomic E-state index is 0.162. The Kier molecular flexibility index (Phi) is 3.92. The van der Waals surface area contributed by atoms with Gasteiger partial charge in [-0.1, -0.05) is 58.0 Å². The van der Waals surface area contributed by atoms with E-state index in [0.717, 1.165) is 6.54 Å². The van der Waals surface area contributed by atoms with E-state index in [4.69, 9.17) is 5.73 Å². The molecule has 0 bridgehead atoms. The molecule has 0 heterocycles. The summed E-state index contributed by atoms with van der Waals surface area (Å²) < 4.78 is 0. The highest BCUT2D eigenvalue weighted by molar-refractivity contribution is 5.22. The Balaban J connectivity index is 3.04. The SMILES string of the molecule is CC(C)C(c1ccccc1)C(C)(C)CN. The minimum Gasteiger partial charge on any atom is -0.330 e. The first-order valence-corrected chi connectivity index (χ1v) is 5.74. The molecule has 15 heavy (non-hydrogen) atoms. The van der Waals surface area contributed by atoms with E-state index in [1.807, 2.05) is 0 Å². The molecule has 0 radical (unpaired) electrons. The molecule has 1 atom stereocenters. The lowest BCUT2D eigenvalue weighted by atomic mass is 9.69. The maximum Gasteiger partial charge on any atom is -0.00199 e. The molecule has 0 amide bonds. The van der Waals surface area contributed by atoms with Crippen molar-refractivity contribution in [3.05, 3.63) is 35.9 Å². The van der Waals surface area contributed by atoms with Crippen LogP contribution in [0.5, 0.6) is 0 Å². The van der Waals surface area contributed by atoms with Gasteiger partial charge in [-0.2, -0.15) is 0 Å². The standard InChI is InChI=1S/C14H23N/c1-11(2)13(14(3,4)10-15)12-8-6-5-7-9-12/h5-9,11,13H,10,15H2,1-4H3. The lowest BCUT2D eigenvalue weighted by Gasteiger charge is -2.36. The van der Waals surface area contributed by atoms with Crippen molar-refractivity contribution >= 4 is 0 Å². The Morgan fingerprint density at radius 2 is 1.67 bits per heavy atom. The third kappa shape index (κ3) is 2.82. The van der Waals surface area contributed by atoms with Gasteiger partial charge in [-0.25, -0.2) is 0 Å². The van der Waals surface area contributed by atoms with Crippen LogP contribution >= 0.6 is 0 Å². The van der Waals surface area contributed by atoms with E-state index >= 15 is 0 Å². The molecule has 0 spiro atoms. The van der Waals surface area contributed by atoms with Crippen molar-refractivity contribution in [2.45, 2.75) is 33.6 Å².